The SMILES string of the molecule is Cc1cnc2c(c1)CN(CCn1c(=O)n(C)n3c4c(nc13)N(N)CN=C4c1nccs1)CC2. The van der Waals surface area contributed by atoms with E-state index in [0.29, 0.717) is 29.5 Å². The van der Waals surface area contributed by atoms with Gasteiger partial charge in [0.2, 0.25) is 5.78 Å². The lowest BCUT2D eigenvalue weighted by atomic mass is 10.0. The predicted molar refractivity (Wildman–Crippen MR) is 126 cm³/mol. The minimum Gasteiger partial charge on any atom is -0.297 e. The molecule has 0 amide bonds. The molecule has 2 aliphatic rings. The normalized spacial score (nSPS) is 16.2. The van der Waals surface area contributed by atoms with Crippen molar-refractivity contribution < 1.29 is 0 Å². The highest BCUT2D eigenvalue weighted by molar-refractivity contribution is 7.11. The second-order valence-corrected chi connectivity index (χ2v) is 9.35. The Labute approximate surface area is 193 Å². The third-order valence-electron chi connectivity index (χ3n) is 6.28. The number of nitrogens with two attached hydrogens (primary N) is 1. The molecule has 0 saturated carbocycles. The third-order valence-corrected chi connectivity index (χ3v) is 7.06. The number of thiazole rings is 1. The molecule has 0 unspecified atom stereocenters. The van der Waals surface area contributed by atoms with Gasteiger partial charge >= 0.3 is 5.69 Å². The van der Waals surface area contributed by atoms with E-state index in [1.807, 2.05) is 11.6 Å². The van der Waals surface area contributed by atoms with Crippen LogP contribution in [0.25, 0.3) is 5.78 Å². The van der Waals surface area contributed by atoms with Crippen molar-refractivity contribution in [2.24, 2.45) is 17.9 Å². The Morgan fingerprint density at radius 2 is 2.12 bits per heavy atom. The van der Waals surface area contributed by atoms with Crippen LogP contribution in [0.2, 0.25) is 0 Å². The zero-order valence-electron chi connectivity index (χ0n) is 18.5. The molecule has 0 atom stereocenters. The summed E-state index contributed by atoms with van der Waals surface area (Å²) in [6.07, 6.45) is 4.59. The van der Waals surface area contributed by atoms with Gasteiger partial charge in [0, 0.05) is 63.1 Å². The summed E-state index contributed by atoms with van der Waals surface area (Å²) in [6.45, 7) is 5.38. The van der Waals surface area contributed by atoms with Crippen molar-refractivity contribution in [1.29, 1.82) is 0 Å². The van der Waals surface area contributed by atoms with Crippen LogP contribution in [0, 0.1) is 6.92 Å². The molecule has 2 aliphatic heterocycles. The highest BCUT2D eigenvalue weighted by Gasteiger charge is 2.31. The van der Waals surface area contributed by atoms with Crippen molar-refractivity contribution in [2.45, 2.75) is 26.4 Å². The number of nitrogens with zero attached hydrogens (tertiary/aromatic N) is 9. The van der Waals surface area contributed by atoms with E-state index in [4.69, 9.17) is 10.8 Å². The standard InChI is InChI=1S/C21H24N10OS/c1-13-9-14-11-28(5-3-15(14)24-10-13)6-7-29-20-26-18-17(31(20)27(2)21(29)32)16(25-12-30(18)22)19-23-4-8-33-19/h4,8-10H,3,5-7,11-12,22H2,1-2H3. The molecular weight excluding hydrogens is 440 g/mol. The number of aliphatic imine (C=N–C) groups is 1. The lowest BCUT2D eigenvalue weighted by molar-refractivity contribution is 0.241. The number of fused-ring (bicyclic) bond motifs is 4. The first kappa shape index (κ1) is 20.3. The maximum absolute atomic E-state index is 13.2. The maximum Gasteiger partial charge on any atom is 0.345 e. The molecule has 33 heavy (non-hydrogen) atoms. The number of anilines is 1. The highest BCUT2D eigenvalue weighted by Crippen LogP contribution is 2.27. The molecule has 6 rings (SSSR count). The Bertz CT molecular complexity index is 1440. The van der Waals surface area contributed by atoms with Crippen LogP contribution in [0.1, 0.15) is 27.5 Å². The fourth-order valence-electron chi connectivity index (χ4n) is 4.63. The average Bonchev–Trinajstić information content (AvgIpc) is 3.52. The first-order chi connectivity index (χ1) is 16.0. The molecule has 0 spiro atoms. The maximum atomic E-state index is 13.2. The summed E-state index contributed by atoms with van der Waals surface area (Å²) >= 11 is 1.50. The second kappa shape index (κ2) is 7.61. The number of aryl methyl sites for hydroxylation is 2. The number of hydrazine groups is 1. The van der Waals surface area contributed by atoms with Crippen LogP contribution < -0.4 is 16.5 Å². The van der Waals surface area contributed by atoms with Gasteiger partial charge in [-0.25, -0.2) is 24.8 Å². The minimum absolute atomic E-state index is 0.122. The van der Waals surface area contributed by atoms with Gasteiger partial charge in [0.15, 0.2) is 5.82 Å². The summed E-state index contributed by atoms with van der Waals surface area (Å²) in [6, 6.07) is 2.21. The van der Waals surface area contributed by atoms with Gasteiger partial charge in [-0.2, -0.15) is 4.98 Å². The lowest BCUT2D eigenvalue weighted by Gasteiger charge is -2.28. The lowest BCUT2D eigenvalue weighted by Crippen LogP contribution is -2.37. The number of pyridine rings is 1. The van der Waals surface area contributed by atoms with Crippen LogP contribution in [-0.4, -0.2) is 59.1 Å². The van der Waals surface area contributed by atoms with Gasteiger partial charge in [0.25, 0.3) is 0 Å². The number of hydrogen-bond acceptors (Lipinski definition) is 9. The fourth-order valence-corrected chi connectivity index (χ4v) is 5.28. The van der Waals surface area contributed by atoms with Gasteiger partial charge in [-0.15, -0.1) is 11.3 Å². The number of aromatic nitrogens is 6. The van der Waals surface area contributed by atoms with Gasteiger partial charge in [-0.05, 0) is 18.1 Å². The Morgan fingerprint density at radius 3 is 2.94 bits per heavy atom. The van der Waals surface area contributed by atoms with Crippen LogP contribution in [0.4, 0.5) is 5.82 Å². The molecule has 0 aliphatic carbocycles. The number of rotatable bonds is 4. The molecule has 0 bridgehead atoms. The second-order valence-electron chi connectivity index (χ2n) is 8.45. The van der Waals surface area contributed by atoms with Gasteiger partial charge in [0.05, 0.1) is 0 Å². The van der Waals surface area contributed by atoms with E-state index in [-0.39, 0.29) is 12.4 Å². The Balaban J connectivity index is 1.34. The average molecular weight is 465 g/mol. The Kier molecular flexibility index (Phi) is 4.67. The number of imidazole rings is 1. The molecule has 4 aromatic rings. The van der Waals surface area contributed by atoms with Crippen LogP contribution in [-0.2, 0) is 26.6 Å². The summed E-state index contributed by atoms with van der Waals surface area (Å²) in [5.41, 5.74) is 4.89. The van der Waals surface area contributed by atoms with Crippen molar-refractivity contribution in [2.75, 3.05) is 24.8 Å². The first-order valence-electron chi connectivity index (χ1n) is 10.8. The molecular formula is C21H24N10OS. The van der Waals surface area contributed by atoms with Gasteiger partial charge < -0.3 is 0 Å². The predicted octanol–water partition coefficient (Wildman–Crippen LogP) is 0.541. The minimum atomic E-state index is -0.122. The van der Waals surface area contributed by atoms with E-state index in [9.17, 15) is 4.79 Å². The van der Waals surface area contributed by atoms with E-state index in [0.717, 1.165) is 31.1 Å². The molecule has 11 nitrogen and oxygen atoms in total. The van der Waals surface area contributed by atoms with E-state index in [2.05, 4.69) is 32.9 Å². The van der Waals surface area contributed by atoms with Gasteiger partial charge in [-0.1, -0.05) is 6.07 Å². The first-order valence-corrected chi connectivity index (χ1v) is 11.7. The smallest absolute Gasteiger partial charge is 0.297 e. The highest BCUT2D eigenvalue weighted by atomic mass is 32.1. The molecule has 0 saturated heterocycles. The van der Waals surface area contributed by atoms with E-state index in [1.165, 1.54) is 33.2 Å². The zero-order chi connectivity index (χ0) is 22.7. The van der Waals surface area contributed by atoms with E-state index >= 15 is 0 Å². The molecule has 0 fully saturated rings. The van der Waals surface area contributed by atoms with Crippen molar-refractivity contribution in [3.05, 3.63) is 61.8 Å². The van der Waals surface area contributed by atoms with Crippen LogP contribution in [0.15, 0.2) is 33.6 Å². The van der Waals surface area contributed by atoms with Crippen LogP contribution in [0.5, 0.6) is 0 Å². The topological polar surface area (TPSA) is 115 Å². The van der Waals surface area contributed by atoms with Crippen LogP contribution >= 0.6 is 11.3 Å². The summed E-state index contributed by atoms with van der Waals surface area (Å²) < 4.78 is 5.09. The zero-order valence-corrected chi connectivity index (χ0v) is 19.3. The summed E-state index contributed by atoms with van der Waals surface area (Å²) in [7, 11) is 1.74. The number of hydrogen-bond donors (Lipinski definition) is 1. The molecule has 2 N–H and O–H groups in total. The molecule has 4 aromatic heterocycles. The molecule has 0 radical (unpaired) electrons. The molecule has 12 heteroatoms. The van der Waals surface area contributed by atoms with Crippen molar-refractivity contribution in [3.63, 3.8) is 0 Å². The summed E-state index contributed by atoms with van der Waals surface area (Å²) in [5, 5.41) is 4.19. The van der Waals surface area contributed by atoms with Crippen LogP contribution in [0.3, 0.4) is 0 Å². The van der Waals surface area contributed by atoms with Crippen molar-refractivity contribution in [1.82, 2.24) is 33.6 Å². The van der Waals surface area contributed by atoms with Crippen molar-refractivity contribution >= 4 is 28.6 Å². The van der Waals surface area contributed by atoms with Crippen molar-refractivity contribution in [3.8, 4) is 0 Å². The largest absolute Gasteiger partial charge is 0.345 e. The quantitative estimate of drug-likeness (QED) is 0.439. The summed E-state index contributed by atoms with van der Waals surface area (Å²) in [4.78, 5) is 33.9. The summed E-state index contributed by atoms with van der Waals surface area (Å²) in [5.74, 6) is 7.35. The van der Waals surface area contributed by atoms with E-state index < -0.39 is 0 Å². The monoisotopic (exact) mass is 464 g/mol. The Hall–Kier alpha value is -3.35. The molecule has 170 valence electrons. The van der Waals surface area contributed by atoms with Gasteiger partial charge in [0.1, 0.15) is 23.1 Å². The van der Waals surface area contributed by atoms with E-state index in [1.54, 1.807) is 27.0 Å². The molecule has 6 heterocycles. The molecule has 0 aromatic carbocycles. The third kappa shape index (κ3) is 3.21. The van der Waals surface area contributed by atoms with Gasteiger partial charge in [-0.3, -0.25) is 24.5 Å². The fraction of sp³-hybridized carbons (Fsp3) is 0.381. The Morgan fingerprint density at radius 1 is 1.24 bits per heavy atom.